The van der Waals surface area contributed by atoms with Gasteiger partial charge < -0.3 is 9.47 Å². The summed E-state index contributed by atoms with van der Waals surface area (Å²) in [5.74, 6) is -0.420. The Morgan fingerprint density at radius 3 is 2.87 bits per heavy atom. The molecule has 1 rings (SSSR count). The zero-order valence-electron chi connectivity index (χ0n) is 9.54. The minimum absolute atomic E-state index is 0.0398. The quantitative estimate of drug-likeness (QED) is 0.670. The highest BCUT2D eigenvalue weighted by molar-refractivity contribution is 5.71. The number of methoxy groups -OCH3 is 1. The van der Waals surface area contributed by atoms with Crippen molar-refractivity contribution in [3.8, 4) is 0 Å². The predicted molar refractivity (Wildman–Crippen MR) is 54.1 cm³/mol. The lowest BCUT2D eigenvalue weighted by atomic mass is 9.78. The zero-order chi connectivity index (χ0) is 11.5. The number of carbonyl (C=O) groups is 2. The van der Waals surface area contributed by atoms with Crippen LogP contribution in [0.5, 0.6) is 0 Å². The fourth-order valence-electron chi connectivity index (χ4n) is 1.76. The monoisotopic (exact) mass is 214 g/mol. The number of carbonyl (C=O) groups excluding carboxylic acids is 2. The van der Waals surface area contributed by atoms with E-state index in [-0.39, 0.29) is 23.5 Å². The van der Waals surface area contributed by atoms with E-state index in [9.17, 15) is 9.59 Å². The topological polar surface area (TPSA) is 52.6 Å². The van der Waals surface area contributed by atoms with Crippen LogP contribution in [0.25, 0.3) is 0 Å². The van der Waals surface area contributed by atoms with Crippen LogP contribution in [0.3, 0.4) is 0 Å². The summed E-state index contributed by atoms with van der Waals surface area (Å²) in [7, 11) is 1.36. The average Bonchev–Trinajstić information content (AvgIpc) is 2.19. The van der Waals surface area contributed by atoms with Gasteiger partial charge in [-0.25, -0.2) is 0 Å². The summed E-state index contributed by atoms with van der Waals surface area (Å²) in [6.07, 6.45) is 1.97. The number of cyclic esters (lactones) is 1. The summed E-state index contributed by atoms with van der Waals surface area (Å²) >= 11 is 0. The lowest BCUT2D eigenvalue weighted by Crippen LogP contribution is -2.39. The third-order valence-electron chi connectivity index (χ3n) is 2.96. The van der Waals surface area contributed by atoms with Crippen molar-refractivity contribution in [1.29, 1.82) is 0 Å². The van der Waals surface area contributed by atoms with Crippen LogP contribution in [0.4, 0.5) is 0 Å². The highest BCUT2D eigenvalue weighted by Gasteiger charge is 2.37. The molecule has 0 amide bonds. The second-order valence-corrected chi connectivity index (χ2v) is 4.58. The van der Waals surface area contributed by atoms with Gasteiger partial charge in [-0.05, 0) is 12.8 Å². The van der Waals surface area contributed by atoms with Crippen LogP contribution in [0.1, 0.15) is 39.5 Å². The van der Waals surface area contributed by atoms with E-state index in [0.717, 1.165) is 6.42 Å². The predicted octanol–water partition coefficient (Wildman–Crippen LogP) is 1.67. The maximum atomic E-state index is 11.1. The normalized spacial score (nSPS) is 24.5. The summed E-state index contributed by atoms with van der Waals surface area (Å²) in [5, 5.41) is 0. The smallest absolute Gasteiger partial charge is 0.306 e. The Kier molecular flexibility index (Phi) is 3.72. The van der Waals surface area contributed by atoms with E-state index in [4.69, 9.17) is 4.74 Å². The first kappa shape index (κ1) is 12.0. The van der Waals surface area contributed by atoms with Crippen LogP contribution in [0.15, 0.2) is 0 Å². The molecule has 1 saturated heterocycles. The third kappa shape index (κ3) is 3.22. The van der Waals surface area contributed by atoms with Crippen molar-refractivity contribution in [3.05, 3.63) is 0 Å². The largest absolute Gasteiger partial charge is 0.469 e. The van der Waals surface area contributed by atoms with Gasteiger partial charge in [0.1, 0.15) is 6.10 Å². The highest BCUT2D eigenvalue weighted by atomic mass is 16.5. The minimum Gasteiger partial charge on any atom is -0.469 e. The first-order chi connectivity index (χ1) is 6.95. The van der Waals surface area contributed by atoms with Crippen LogP contribution in [-0.2, 0) is 19.1 Å². The zero-order valence-corrected chi connectivity index (χ0v) is 9.54. The molecule has 0 radical (unpaired) electrons. The molecule has 1 heterocycles. The first-order valence-electron chi connectivity index (χ1n) is 5.22. The number of hydrogen-bond donors (Lipinski definition) is 0. The van der Waals surface area contributed by atoms with Crippen molar-refractivity contribution < 1.29 is 19.1 Å². The van der Waals surface area contributed by atoms with Gasteiger partial charge in [-0.1, -0.05) is 13.8 Å². The van der Waals surface area contributed by atoms with Crippen molar-refractivity contribution in [2.45, 2.75) is 45.6 Å². The molecule has 1 aliphatic heterocycles. The molecule has 1 aliphatic rings. The molecular weight excluding hydrogens is 196 g/mol. The molecule has 15 heavy (non-hydrogen) atoms. The van der Waals surface area contributed by atoms with Gasteiger partial charge in [0, 0.05) is 18.3 Å². The van der Waals surface area contributed by atoms with Gasteiger partial charge in [-0.3, -0.25) is 9.59 Å². The Labute approximate surface area is 89.9 Å². The second-order valence-electron chi connectivity index (χ2n) is 4.58. The summed E-state index contributed by atoms with van der Waals surface area (Å²) < 4.78 is 9.81. The SMILES string of the molecule is COC(=O)CCC1OC(=O)CCC1(C)C. The lowest BCUT2D eigenvalue weighted by Gasteiger charge is -2.37. The molecule has 1 unspecified atom stereocenters. The van der Waals surface area contributed by atoms with E-state index in [1.165, 1.54) is 7.11 Å². The summed E-state index contributed by atoms with van der Waals surface area (Å²) in [4.78, 5) is 22.1. The summed E-state index contributed by atoms with van der Waals surface area (Å²) in [5.41, 5.74) is -0.0398. The minimum atomic E-state index is -0.257. The standard InChI is InChI=1S/C11H18O4/c1-11(2)7-6-10(13)15-8(11)4-5-9(12)14-3/h8H,4-7H2,1-3H3. The molecule has 86 valence electrons. The molecule has 0 N–H and O–H groups in total. The van der Waals surface area contributed by atoms with Crippen LogP contribution in [0, 0.1) is 5.41 Å². The van der Waals surface area contributed by atoms with E-state index >= 15 is 0 Å². The molecule has 0 aromatic carbocycles. The Hall–Kier alpha value is -1.06. The van der Waals surface area contributed by atoms with E-state index < -0.39 is 0 Å². The molecule has 0 spiro atoms. The lowest BCUT2D eigenvalue weighted by molar-refractivity contribution is -0.166. The number of rotatable bonds is 3. The van der Waals surface area contributed by atoms with Gasteiger partial charge in [0.2, 0.25) is 0 Å². The average molecular weight is 214 g/mol. The fourth-order valence-corrected chi connectivity index (χ4v) is 1.76. The number of ether oxygens (including phenoxy) is 2. The van der Waals surface area contributed by atoms with Crippen LogP contribution in [-0.4, -0.2) is 25.2 Å². The Bertz CT molecular complexity index is 257. The van der Waals surface area contributed by atoms with Gasteiger partial charge in [0.25, 0.3) is 0 Å². The molecule has 1 atom stereocenters. The van der Waals surface area contributed by atoms with E-state index in [2.05, 4.69) is 18.6 Å². The van der Waals surface area contributed by atoms with Gasteiger partial charge >= 0.3 is 11.9 Å². The Balaban J connectivity index is 2.50. The molecule has 0 aromatic rings. The third-order valence-corrected chi connectivity index (χ3v) is 2.96. The van der Waals surface area contributed by atoms with E-state index in [0.29, 0.717) is 19.3 Å². The van der Waals surface area contributed by atoms with E-state index in [1.807, 2.05) is 0 Å². The van der Waals surface area contributed by atoms with Crippen LogP contribution >= 0.6 is 0 Å². The maximum Gasteiger partial charge on any atom is 0.306 e. The van der Waals surface area contributed by atoms with Gasteiger partial charge in [0.15, 0.2) is 0 Å². The van der Waals surface area contributed by atoms with Crippen molar-refractivity contribution >= 4 is 11.9 Å². The first-order valence-corrected chi connectivity index (χ1v) is 5.22. The molecule has 4 nitrogen and oxygen atoms in total. The molecule has 4 heteroatoms. The molecular formula is C11H18O4. The fraction of sp³-hybridized carbons (Fsp3) is 0.818. The molecule has 0 aromatic heterocycles. The van der Waals surface area contributed by atoms with Crippen LogP contribution in [0.2, 0.25) is 0 Å². The van der Waals surface area contributed by atoms with E-state index in [1.54, 1.807) is 0 Å². The van der Waals surface area contributed by atoms with Crippen molar-refractivity contribution in [2.24, 2.45) is 5.41 Å². The highest BCUT2D eigenvalue weighted by Crippen LogP contribution is 2.36. The number of hydrogen-bond acceptors (Lipinski definition) is 4. The van der Waals surface area contributed by atoms with Gasteiger partial charge in [-0.2, -0.15) is 0 Å². The van der Waals surface area contributed by atoms with Crippen molar-refractivity contribution in [1.82, 2.24) is 0 Å². The van der Waals surface area contributed by atoms with Crippen molar-refractivity contribution in [2.75, 3.05) is 7.11 Å². The summed E-state index contributed by atoms with van der Waals surface area (Å²) in [6.45, 7) is 4.11. The van der Waals surface area contributed by atoms with Crippen molar-refractivity contribution in [3.63, 3.8) is 0 Å². The summed E-state index contributed by atoms with van der Waals surface area (Å²) in [6, 6.07) is 0. The molecule has 0 bridgehead atoms. The maximum absolute atomic E-state index is 11.1. The number of esters is 2. The Morgan fingerprint density at radius 2 is 2.27 bits per heavy atom. The van der Waals surface area contributed by atoms with Crippen LogP contribution < -0.4 is 0 Å². The molecule has 0 saturated carbocycles. The molecule has 1 fully saturated rings. The van der Waals surface area contributed by atoms with Gasteiger partial charge in [-0.15, -0.1) is 0 Å². The second kappa shape index (κ2) is 4.64. The van der Waals surface area contributed by atoms with Gasteiger partial charge in [0.05, 0.1) is 7.11 Å². The molecule has 0 aliphatic carbocycles. The Morgan fingerprint density at radius 1 is 1.60 bits per heavy atom.